The van der Waals surface area contributed by atoms with Crippen LogP contribution < -0.4 is 0 Å². The maximum absolute atomic E-state index is 13.2. The van der Waals surface area contributed by atoms with Gasteiger partial charge >= 0.3 is 0 Å². The molecule has 2 atom stereocenters. The number of carbonyl (C=O) groups excluding carboxylic acids is 1. The molecule has 0 spiro atoms. The maximum Gasteiger partial charge on any atom is 0.224 e. The van der Waals surface area contributed by atoms with Crippen molar-refractivity contribution in [1.29, 1.82) is 0 Å². The summed E-state index contributed by atoms with van der Waals surface area (Å²) in [5, 5.41) is 11.4. The number of aliphatic hydroxyl groups excluding tert-OH is 1. The number of amides is 1. The summed E-state index contributed by atoms with van der Waals surface area (Å²) in [6.07, 6.45) is 2.96. The van der Waals surface area contributed by atoms with E-state index >= 15 is 0 Å². The molecule has 0 unspecified atom stereocenters. The number of rotatable bonds is 7. The number of benzene rings is 2. The summed E-state index contributed by atoms with van der Waals surface area (Å²) in [5.41, 5.74) is 2.94. The Balaban J connectivity index is 1.49. The molecule has 1 N–H and O–H groups in total. The summed E-state index contributed by atoms with van der Waals surface area (Å²) < 4.78 is 13.2. The Kier molecular flexibility index (Phi) is 6.54. The van der Waals surface area contributed by atoms with Crippen molar-refractivity contribution in [3.8, 4) is 11.1 Å². The summed E-state index contributed by atoms with van der Waals surface area (Å²) in [4.78, 5) is 16.5. The van der Waals surface area contributed by atoms with Gasteiger partial charge in [-0.2, -0.15) is 0 Å². The first-order chi connectivity index (χ1) is 15.0. The SMILES string of the molecule is C[C@@H](c1ccc(-c2ccc(F)cc2)cc1)N1CC[C@](CCCO)(c2cccs2)CC1=O. The monoisotopic (exact) mass is 437 g/mol. The van der Waals surface area contributed by atoms with E-state index < -0.39 is 0 Å². The zero-order valence-electron chi connectivity index (χ0n) is 17.8. The highest BCUT2D eigenvalue weighted by Gasteiger charge is 2.41. The highest BCUT2D eigenvalue weighted by atomic mass is 32.1. The summed E-state index contributed by atoms with van der Waals surface area (Å²) in [6, 6.07) is 18.8. The Hall–Kier alpha value is -2.50. The second kappa shape index (κ2) is 9.33. The molecule has 31 heavy (non-hydrogen) atoms. The molecule has 1 aliphatic heterocycles. The van der Waals surface area contributed by atoms with E-state index in [2.05, 4.69) is 30.5 Å². The lowest BCUT2D eigenvalue weighted by Gasteiger charge is -2.43. The van der Waals surface area contributed by atoms with E-state index in [1.54, 1.807) is 23.5 Å². The van der Waals surface area contributed by atoms with Crippen molar-refractivity contribution in [1.82, 2.24) is 4.90 Å². The molecule has 1 aliphatic rings. The third-order valence-electron chi connectivity index (χ3n) is 6.54. The van der Waals surface area contributed by atoms with Gasteiger partial charge < -0.3 is 10.0 Å². The third kappa shape index (κ3) is 4.58. The molecule has 0 bridgehead atoms. The minimum Gasteiger partial charge on any atom is -0.396 e. The second-order valence-electron chi connectivity index (χ2n) is 8.40. The van der Waals surface area contributed by atoms with Gasteiger partial charge in [-0.1, -0.05) is 42.5 Å². The number of aliphatic hydroxyl groups is 1. The number of piperidine rings is 1. The molecule has 4 rings (SSSR count). The third-order valence-corrected chi connectivity index (χ3v) is 7.65. The Morgan fingerprint density at radius 3 is 2.35 bits per heavy atom. The average molecular weight is 438 g/mol. The van der Waals surface area contributed by atoms with Crippen molar-refractivity contribution in [2.75, 3.05) is 13.2 Å². The van der Waals surface area contributed by atoms with Crippen molar-refractivity contribution in [3.05, 3.63) is 82.3 Å². The molecule has 3 nitrogen and oxygen atoms in total. The number of carbonyl (C=O) groups is 1. The van der Waals surface area contributed by atoms with E-state index in [9.17, 15) is 14.3 Å². The van der Waals surface area contributed by atoms with Gasteiger partial charge in [-0.3, -0.25) is 4.79 Å². The molecule has 5 heteroatoms. The molecule has 3 aromatic rings. The number of hydrogen-bond donors (Lipinski definition) is 1. The fourth-order valence-electron chi connectivity index (χ4n) is 4.67. The second-order valence-corrected chi connectivity index (χ2v) is 9.35. The first-order valence-corrected chi connectivity index (χ1v) is 11.7. The number of halogens is 1. The van der Waals surface area contributed by atoms with Gasteiger partial charge in [0, 0.05) is 29.9 Å². The largest absolute Gasteiger partial charge is 0.396 e. The lowest BCUT2D eigenvalue weighted by molar-refractivity contribution is -0.138. The zero-order chi connectivity index (χ0) is 21.8. The van der Waals surface area contributed by atoms with Crippen LogP contribution in [0.2, 0.25) is 0 Å². The summed E-state index contributed by atoms with van der Waals surface area (Å²) in [7, 11) is 0. The van der Waals surface area contributed by atoms with Crippen LogP contribution in [0.3, 0.4) is 0 Å². The van der Waals surface area contributed by atoms with E-state index in [1.165, 1.54) is 17.0 Å². The fourth-order valence-corrected chi connectivity index (χ4v) is 5.66. The number of hydrogen-bond acceptors (Lipinski definition) is 3. The van der Waals surface area contributed by atoms with E-state index in [4.69, 9.17) is 0 Å². The molecular formula is C26H28FNO2S. The van der Waals surface area contributed by atoms with Gasteiger partial charge in [0.2, 0.25) is 5.91 Å². The first-order valence-electron chi connectivity index (χ1n) is 10.8. The number of nitrogens with zero attached hydrogens (tertiary/aromatic N) is 1. The van der Waals surface area contributed by atoms with Gasteiger partial charge in [0.15, 0.2) is 0 Å². The molecule has 2 aromatic carbocycles. The molecule has 1 aromatic heterocycles. The van der Waals surface area contributed by atoms with Crippen LogP contribution >= 0.6 is 11.3 Å². The predicted molar refractivity (Wildman–Crippen MR) is 124 cm³/mol. The Labute approximate surface area is 187 Å². The Morgan fingerprint density at radius 1 is 1.10 bits per heavy atom. The molecular weight excluding hydrogens is 409 g/mol. The van der Waals surface area contributed by atoms with Crippen molar-refractivity contribution in [2.24, 2.45) is 0 Å². The molecule has 1 saturated heterocycles. The quantitative estimate of drug-likeness (QED) is 0.496. The van der Waals surface area contributed by atoms with Crippen LogP contribution in [-0.2, 0) is 10.2 Å². The van der Waals surface area contributed by atoms with Crippen molar-refractivity contribution in [2.45, 2.75) is 44.1 Å². The highest BCUT2D eigenvalue weighted by Crippen LogP contribution is 2.43. The van der Waals surface area contributed by atoms with Crippen LogP contribution in [0.4, 0.5) is 4.39 Å². The molecule has 0 aliphatic carbocycles. The molecule has 0 radical (unpaired) electrons. The lowest BCUT2D eigenvalue weighted by Crippen LogP contribution is -2.47. The lowest BCUT2D eigenvalue weighted by atomic mass is 9.73. The predicted octanol–water partition coefficient (Wildman–Crippen LogP) is 5.95. The maximum atomic E-state index is 13.2. The number of thiophene rings is 1. The van der Waals surface area contributed by atoms with Gasteiger partial charge in [0.25, 0.3) is 0 Å². The minimum atomic E-state index is -0.241. The fraction of sp³-hybridized carbons (Fsp3) is 0.346. The van der Waals surface area contributed by atoms with Crippen LogP contribution in [0.15, 0.2) is 66.0 Å². The van der Waals surface area contributed by atoms with E-state index in [0.29, 0.717) is 19.4 Å². The molecule has 0 saturated carbocycles. The van der Waals surface area contributed by atoms with E-state index in [0.717, 1.165) is 29.5 Å². The number of likely N-dealkylation sites (tertiary alicyclic amines) is 1. The molecule has 1 fully saturated rings. The van der Waals surface area contributed by atoms with Crippen LogP contribution in [0.5, 0.6) is 0 Å². The summed E-state index contributed by atoms with van der Waals surface area (Å²) >= 11 is 1.71. The van der Waals surface area contributed by atoms with Gasteiger partial charge in [-0.05, 0) is 66.5 Å². The Bertz CT molecular complexity index is 1000. The normalized spacial score (nSPS) is 20.1. The van der Waals surface area contributed by atoms with Gasteiger partial charge in [-0.15, -0.1) is 11.3 Å². The van der Waals surface area contributed by atoms with Gasteiger partial charge in [0.05, 0.1) is 6.04 Å². The smallest absolute Gasteiger partial charge is 0.224 e. The average Bonchev–Trinajstić information content (AvgIpc) is 3.34. The standard InChI is InChI=1S/C26H28FNO2S/c1-19(20-5-7-21(8-6-20)22-9-11-23(27)12-10-22)28-15-14-26(13-3-16-29,18-25(28)30)24-4-2-17-31-24/h2,4-12,17,19,29H,3,13-16,18H2,1H3/t19-,26-/m0/s1. The van der Waals surface area contributed by atoms with E-state index in [-0.39, 0.29) is 29.8 Å². The Morgan fingerprint density at radius 2 is 1.77 bits per heavy atom. The van der Waals surface area contributed by atoms with Crippen LogP contribution in [0.1, 0.15) is 49.1 Å². The highest BCUT2D eigenvalue weighted by molar-refractivity contribution is 7.10. The molecule has 162 valence electrons. The zero-order valence-corrected chi connectivity index (χ0v) is 18.6. The topological polar surface area (TPSA) is 40.5 Å². The van der Waals surface area contributed by atoms with E-state index in [1.807, 2.05) is 23.1 Å². The van der Waals surface area contributed by atoms with Gasteiger partial charge in [0.1, 0.15) is 5.82 Å². The van der Waals surface area contributed by atoms with Crippen molar-refractivity contribution < 1.29 is 14.3 Å². The minimum absolute atomic E-state index is 0.00561. The van der Waals surface area contributed by atoms with Gasteiger partial charge in [-0.25, -0.2) is 4.39 Å². The van der Waals surface area contributed by atoms with Crippen LogP contribution in [0, 0.1) is 5.82 Å². The van der Waals surface area contributed by atoms with Crippen molar-refractivity contribution >= 4 is 17.2 Å². The summed E-state index contributed by atoms with van der Waals surface area (Å²) in [6.45, 7) is 2.95. The van der Waals surface area contributed by atoms with Crippen LogP contribution in [-0.4, -0.2) is 29.1 Å². The van der Waals surface area contributed by atoms with Crippen LogP contribution in [0.25, 0.3) is 11.1 Å². The van der Waals surface area contributed by atoms with Crippen molar-refractivity contribution in [3.63, 3.8) is 0 Å². The molecule has 2 heterocycles. The first kappa shape index (κ1) is 21.7. The summed E-state index contributed by atoms with van der Waals surface area (Å²) in [5.74, 6) is -0.0667. The molecule has 1 amide bonds.